The van der Waals surface area contributed by atoms with Gasteiger partial charge in [-0.1, -0.05) is 6.07 Å². The van der Waals surface area contributed by atoms with Crippen LogP contribution in [0.15, 0.2) is 29.5 Å². The number of ether oxygens (including phenoxy) is 3. The van der Waals surface area contributed by atoms with Crippen LogP contribution in [0.1, 0.15) is 25.5 Å². The predicted octanol–water partition coefficient (Wildman–Crippen LogP) is 1.38. The van der Waals surface area contributed by atoms with Crippen molar-refractivity contribution >= 4 is 5.97 Å². The SMILES string of the molecule is CCOC(=O)C1=C(C)NONC1c1ccc2c(c1)OCCO2. The molecule has 0 saturated carbocycles. The van der Waals surface area contributed by atoms with Crippen molar-refractivity contribution in [1.29, 1.82) is 0 Å². The van der Waals surface area contributed by atoms with E-state index in [1.54, 1.807) is 13.8 Å². The maximum Gasteiger partial charge on any atom is 0.337 e. The highest BCUT2D eigenvalue weighted by Gasteiger charge is 2.31. The van der Waals surface area contributed by atoms with E-state index in [0.717, 1.165) is 5.56 Å². The van der Waals surface area contributed by atoms with Crippen molar-refractivity contribution in [3.05, 3.63) is 35.0 Å². The topological polar surface area (TPSA) is 78.1 Å². The molecule has 3 rings (SSSR count). The molecule has 0 amide bonds. The Morgan fingerprint density at radius 1 is 1.32 bits per heavy atom. The second kappa shape index (κ2) is 6.25. The van der Waals surface area contributed by atoms with Crippen LogP contribution in [0.4, 0.5) is 0 Å². The quantitative estimate of drug-likeness (QED) is 0.817. The number of esters is 1. The molecule has 2 heterocycles. The molecule has 1 aromatic rings. The number of nitrogens with one attached hydrogen (secondary N) is 2. The summed E-state index contributed by atoms with van der Waals surface area (Å²) in [4.78, 5) is 17.3. The molecule has 1 atom stereocenters. The lowest BCUT2D eigenvalue weighted by atomic mass is 9.97. The van der Waals surface area contributed by atoms with Gasteiger partial charge in [-0.05, 0) is 31.5 Å². The van der Waals surface area contributed by atoms with Crippen molar-refractivity contribution in [2.75, 3.05) is 19.8 Å². The van der Waals surface area contributed by atoms with Gasteiger partial charge in [-0.25, -0.2) is 4.79 Å². The van der Waals surface area contributed by atoms with Gasteiger partial charge in [0.2, 0.25) is 0 Å². The largest absolute Gasteiger partial charge is 0.486 e. The Kier molecular flexibility index (Phi) is 4.17. The first kappa shape index (κ1) is 14.7. The summed E-state index contributed by atoms with van der Waals surface area (Å²) < 4.78 is 16.2. The van der Waals surface area contributed by atoms with E-state index in [4.69, 9.17) is 19.1 Å². The van der Waals surface area contributed by atoms with E-state index >= 15 is 0 Å². The average molecular weight is 306 g/mol. The standard InChI is InChI=1S/C15H18N2O5/c1-3-19-15(18)13-9(2)16-22-17-14(13)10-4-5-11-12(8-10)21-7-6-20-11/h4-5,8,14,16-17H,3,6-7H2,1-2H3. The molecule has 1 aromatic carbocycles. The van der Waals surface area contributed by atoms with Gasteiger partial charge in [0, 0.05) is 5.70 Å². The number of rotatable bonds is 3. The summed E-state index contributed by atoms with van der Waals surface area (Å²) in [5, 5.41) is 0. The number of carbonyl (C=O) groups excluding carboxylic acids is 1. The molecule has 0 fully saturated rings. The van der Waals surface area contributed by atoms with Crippen LogP contribution in [0.25, 0.3) is 0 Å². The van der Waals surface area contributed by atoms with Crippen molar-refractivity contribution in [3.63, 3.8) is 0 Å². The van der Waals surface area contributed by atoms with Crippen molar-refractivity contribution in [1.82, 2.24) is 11.0 Å². The van der Waals surface area contributed by atoms with E-state index in [0.29, 0.717) is 42.6 Å². The lowest BCUT2D eigenvalue weighted by Crippen LogP contribution is -2.39. The first-order valence-electron chi connectivity index (χ1n) is 7.15. The van der Waals surface area contributed by atoms with Crippen molar-refractivity contribution in [2.24, 2.45) is 0 Å². The molecule has 2 aliphatic rings. The molecule has 7 nitrogen and oxygen atoms in total. The fraction of sp³-hybridized carbons (Fsp3) is 0.400. The van der Waals surface area contributed by atoms with E-state index in [1.165, 1.54) is 0 Å². The van der Waals surface area contributed by atoms with E-state index in [2.05, 4.69) is 11.0 Å². The molecule has 2 N–H and O–H groups in total. The van der Waals surface area contributed by atoms with Crippen molar-refractivity contribution < 1.29 is 23.9 Å². The molecule has 0 radical (unpaired) electrons. The zero-order chi connectivity index (χ0) is 15.5. The van der Waals surface area contributed by atoms with Gasteiger partial charge in [-0.3, -0.25) is 5.48 Å². The van der Waals surface area contributed by atoms with E-state index in [9.17, 15) is 4.79 Å². The fourth-order valence-electron chi connectivity index (χ4n) is 2.45. The number of benzene rings is 1. The molecule has 118 valence electrons. The molecule has 1 unspecified atom stereocenters. The summed E-state index contributed by atoms with van der Waals surface area (Å²) in [5.41, 5.74) is 7.35. The normalized spacial score (nSPS) is 20.4. The maximum absolute atomic E-state index is 12.2. The number of hydrogen-bond donors (Lipinski definition) is 2. The molecule has 0 spiro atoms. The molecule has 0 bridgehead atoms. The molecule has 7 heteroatoms. The second-order valence-electron chi connectivity index (χ2n) is 4.92. The average Bonchev–Trinajstić information content (AvgIpc) is 2.54. The zero-order valence-electron chi connectivity index (χ0n) is 12.5. The first-order chi connectivity index (χ1) is 10.7. The Morgan fingerprint density at radius 2 is 2.09 bits per heavy atom. The monoisotopic (exact) mass is 306 g/mol. The van der Waals surface area contributed by atoms with E-state index < -0.39 is 6.04 Å². The summed E-state index contributed by atoms with van der Waals surface area (Å²) in [6.07, 6.45) is 0. The summed E-state index contributed by atoms with van der Waals surface area (Å²) in [7, 11) is 0. The second-order valence-corrected chi connectivity index (χ2v) is 4.92. The van der Waals surface area contributed by atoms with Crippen LogP contribution in [0.5, 0.6) is 11.5 Å². The summed E-state index contributed by atoms with van der Waals surface area (Å²) >= 11 is 0. The van der Waals surface area contributed by atoms with Gasteiger partial charge in [0.25, 0.3) is 0 Å². The molecule has 0 saturated heterocycles. The Labute approximate surface area is 128 Å². The van der Waals surface area contributed by atoms with Crippen molar-refractivity contribution in [3.8, 4) is 11.5 Å². The van der Waals surface area contributed by atoms with Crippen molar-refractivity contribution in [2.45, 2.75) is 19.9 Å². The minimum atomic E-state index is -0.448. The third-order valence-corrected chi connectivity index (χ3v) is 3.47. The number of carbonyl (C=O) groups is 1. The van der Waals surface area contributed by atoms with Gasteiger partial charge in [0.1, 0.15) is 13.2 Å². The van der Waals surface area contributed by atoms with E-state index in [-0.39, 0.29) is 5.97 Å². The molecular weight excluding hydrogens is 288 g/mol. The van der Waals surface area contributed by atoms with Gasteiger partial charge >= 0.3 is 5.97 Å². The summed E-state index contributed by atoms with van der Waals surface area (Å²) in [6.45, 7) is 4.88. The molecule has 2 aliphatic heterocycles. The third kappa shape index (κ3) is 2.72. The summed E-state index contributed by atoms with van der Waals surface area (Å²) in [6, 6.07) is 5.09. The van der Waals surface area contributed by atoms with Crippen LogP contribution < -0.4 is 20.4 Å². The molecule has 22 heavy (non-hydrogen) atoms. The van der Waals surface area contributed by atoms with Crippen LogP contribution >= 0.6 is 0 Å². The lowest BCUT2D eigenvalue weighted by Gasteiger charge is -2.28. The first-order valence-corrected chi connectivity index (χ1v) is 7.15. The Morgan fingerprint density at radius 3 is 2.86 bits per heavy atom. The number of allylic oxidation sites excluding steroid dienone is 1. The van der Waals surface area contributed by atoms with Gasteiger partial charge in [0.05, 0.1) is 18.2 Å². The molecule has 0 aliphatic carbocycles. The van der Waals surface area contributed by atoms with Gasteiger partial charge in [-0.15, -0.1) is 0 Å². The Balaban J connectivity index is 1.95. The summed E-state index contributed by atoms with van der Waals surface area (Å²) in [5.74, 6) is 0.969. The van der Waals surface area contributed by atoms with Crippen LogP contribution in [-0.4, -0.2) is 25.8 Å². The zero-order valence-corrected chi connectivity index (χ0v) is 12.5. The van der Waals surface area contributed by atoms with E-state index in [1.807, 2.05) is 18.2 Å². The predicted molar refractivity (Wildman–Crippen MR) is 76.9 cm³/mol. The third-order valence-electron chi connectivity index (χ3n) is 3.47. The van der Waals surface area contributed by atoms with Crippen LogP contribution in [-0.2, 0) is 14.5 Å². The highest BCUT2D eigenvalue weighted by Crippen LogP contribution is 2.35. The number of hydroxylamine groups is 2. The molecule has 0 aromatic heterocycles. The Hall–Kier alpha value is -2.25. The minimum absolute atomic E-state index is 0.310. The van der Waals surface area contributed by atoms with Gasteiger partial charge < -0.3 is 14.2 Å². The van der Waals surface area contributed by atoms with Crippen LogP contribution in [0.2, 0.25) is 0 Å². The van der Waals surface area contributed by atoms with Crippen LogP contribution in [0.3, 0.4) is 0 Å². The number of fused-ring (bicyclic) bond motifs is 1. The fourth-order valence-corrected chi connectivity index (χ4v) is 2.45. The maximum atomic E-state index is 12.2. The highest BCUT2D eigenvalue weighted by atomic mass is 16.8. The van der Waals surface area contributed by atoms with Crippen LogP contribution in [0, 0.1) is 0 Å². The highest BCUT2D eigenvalue weighted by molar-refractivity contribution is 5.91. The minimum Gasteiger partial charge on any atom is -0.486 e. The smallest absolute Gasteiger partial charge is 0.337 e. The van der Waals surface area contributed by atoms with Gasteiger partial charge in [0.15, 0.2) is 11.5 Å². The molecular formula is C15H18N2O5. The Bertz CT molecular complexity index is 614. The number of hydrogen-bond acceptors (Lipinski definition) is 7. The lowest BCUT2D eigenvalue weighted by molar-refractivity contribution is -0.141. The van der Waals surface area contributed by atoms with Gasteiger partial charge in [-0.2, -0.15) is 10.4 Å².